The molecule has 0 aromatic heterocycles. The Morgan fingerprint density at radius 1 is 0.776 bits per heavy atom. The molecule has 0 unspecified atom stereocenters. The minimum Gasteiger partial charge on any atom is -0.490 e. The van der Waals surface area contributed by atoms with Crippen LogP contribution in [0.4, 0.5) is 16.2 Å². The number of carbonyl (C=O) groups is 3. The largest absolute Gasteiger partial charge is 0.490 e. The highest BCUT2D eigenvalue weighted by Gasteiger charge is 2.40. The van der Waals surface area contributed by atoms with Crippen LogP contribution >= 0.6 is 11.6 Å². The second kappa shape index (κ2) is 15.5. The summed E-state index contributed by atoms with van der Waals surface area (Å²) in [7, 11) is 0. The number of hydrogen-bond donors (Lipinski definition) is 1. The fraction of sp³-hybridized carbons (Fsp3) is 0.204. The Balaban J connectivity index is 1.09. The molecule has 3 aliphatic rings. The zero-order valence-corrected chi connectivity index (χ0v) is 33.1. The highest BCUT2D eigenvalue weighted by molar-refractivity contribution is 6.39. The SMILES string of the molecule is CCOc1cc(/C=C2\C(=O)NC(=O)N(c3cc4c5c(c3)[C@H](c3ccccc3)CCN5CC[C@H]4c3ccccc3)C2=O)cc(Cl)c1OCc1c(C)ccc2ccccc12. The molecule has 9 heteroatoms. The zero-order chi connectivity index (χ0) is 39.9. The van der Waals surface area contributed by atoms with Gasteiger partial charge >= 0.3 is 6.03 Å². The minimum atomic E-state index is -0.796. The summed E-state index contributed by atoms with van der Waals surface area (Å²) in [5, 5.41) is 4.89. The Kier molecular flexibility index (Phi) is 9.96. The molecule has 0 radical (unpaired) electrons. The fourth-order valence-electron chi connectivity index (χ4n) is 8.88. The molecular formula is C49H42ClN3O5. The van der Waals surface area contributed by atoms with Gasteiger partial charge in [0, 0.05) is 36.2 Å². The monoisotopic (exact) mass is 787 g/mol. The van der Waals surface area contributed by atoms with E-state index in [9.17, 15) is 14.4 Å². The van der Waals surface area contributed by atoms with Gasteiger partial charge in [-0.25, -0.2) is 9.69 Å². The first kappa shape index (κ1) is 37.2. The molecule has 6 aromatic carbocycles. The van der Waals surface area contributed by atoms with Crippen molar-refractivity contribution in [2.24, 2.45) is 0 Å². The summed E-state index contributed by atoms with van der Waals surface area (Å²) in [5.41, 5.74) is 8.42. The first-order chi connectivity index (χ1) is 28.3. The van der Waals surface area contributed by atoms with Gasteiger partial charge in [-0.3, -0.25) is 14.9 Å². The van der Waals surface area contributed by atoms with Gasteiger partial charge in [0.05, 0.1) is 17.3 Å². The van der Waals surface area contributed by atoms with Crippen molar-refractivity contribution in [3.8, 4) is 11.5 Å². The average molecular weight is 788 g/mol. The lowest BCUT2D eigenvalue weighted by Crippen LogP contribution is -2.54. The quantitative estimate of drug-likeness (QED) is 0.116. The summed E-state index contributed by atoms with van der Waals surface area (Å²) in [5.74, 6) is -0.672. The molecule has 0 spiro atoms. The van der Waals surface area contributed by atoms with E-state index in [1.54, 1.807) is 12.1 Å². The number of ether oxygens (including phenoxy) is 2. The Morgan fingerprint density at radius 2 is 1.41 bits per heavy atom. The molecular weight excluding hydrogens is 746 g/mol. The number of anilines is 2. The minimum absolute atomic E-state index is 0.0599. The maximum atomic E-state index is 14.5. The van der Waals surface area contributed by atoms with Crippen molar-refractivity contribution in [3.63, 3.8) is 0 Å². The average Bonchev–Trinajstić information content (AvgIpc) is 3.23. The number of imide groups is 2. The van der Waals surface area contributed by atoms with Crippen LogP contribution in [0.3, 0.4) is 0 Å². The Hall–Kier alpha value is -6.38. The number of hydrogen-bond acceptors (Lipinski definition) is 6. The van der Waals surface area contributed by atoms with Crippen molar-refractivity contribution < 1.29 is 23.9 Å². The second-order valence-corrected chi connectivity index (χ2v) is 15.5. The number of halogens is 1. The number of nitrogens with zero attached hydrogens (tertiary/aromatic N) is 2. The van der Waals surface area contributed by atoms with Crippen molar-refractivity contribution in [1.29, 1.82) is 0 Å². The molecule has 1 N–H and O–H groups in total. The topological polar surface area (TPSA) is 88.2 Å². The maximum Gasteiger partial charge on any atom is 0.335 e. The van der Waals surface area contributed by atoms with Gasteiger partial charge in [0.25, 0.3) is 11.8 Å². The van der Waals surface area contributed by atoms with E-state index in [1.165, 1.54) is 17.2 Å². The van der Waals surface area contributed by atoms with Crippen LogP contribution in [-0.2, 0) is 16.2 Å². The third kappa shape index (κ3) is 6.77. The molecule has 1 saturated heterocycles. The van der Waals surface area contributed by atoms with Crippen molar-refractivity contribution in [2.45, 2.75) is 45.1 Å². The van der Waals surface area contributed by atoms with Gasteiger partial charge in [0.15, 0.2) is 11.5 Å². The number of benzene rings is 6. The number of amides is 4. The van der Waals surface area contributed by atoms with Crippen LogP contribution in [0, 0.1) is 6.92 Å². The summed E-state index contributed by atoms with van der Waals surface area (Å²) >= 11 is 6.89. The van der Waals surface area contributed by atoms with Crippen LogP contribution in [0.15, 0.2) is 127 Å². The van der Waals surface area contributed by atoms with Gasteiger partial charge in [0.1, 0.15) is 12.2 Å². The van der Waals surface area contributed by atoms with E-state index in [0.717, 1.165) is 69.5 Å². The molecule has 6 aromatic rings. The molecule has 0 bridgehead atoms. The van der Waals surface area contributed by atoms with Gasteiger partial charge in [-0.2, -0.15) is 0 Å². The number of nitrogens with one attached hydrogen (secondary N) is 1. The smallest absolute Gasteiger partial charge is 0.335 e. The molecule has 4 amide bonds. The molecule has 58 heavy (non-hydrogen) atoms. The van der Waals surface area contributed by atoms with Crippen molar-refractivity contribution in [1.82, 2.24) is 5.32 Å². The lowest BCUT2D eigenvalue weighted by Gasteiger charge is -2.44. The molecule has 9 rings (SSSR count). The predicted octanol–water partition coefficient (Wildman–Crippen LogP) is 10.3. The van der Waals surface area contributed by atoms with Gasteiger partial charge in [0.2, 0.25) is 0 Å². The summed E-state index contributed by atoms with van der Waals surface area (Å²) < 4.78 is 12.4. The summed E-state index contributed by atoms with van der Waals surface area (Å²) in [6.07, 6.45) is 3.24. The van der Waals surface area contributed by atoms with Gasteiger partial charge in [-0.05, 0) is 101 Å². The van der Waals surface area contributed by atoms with Crippen LogP contribution in [0.2, 0.25) is 5.02 Å². The van der Waals surface area contributed by atoms with Gasteiger partial charge in [-0.15, -0.1) is 0 Å². The number of rotatable bonds is 9. The zero-order valence-electron chi connectivity index (χ0n) is 32.3. The second-order valence-electron chi connectivity index (χ2n) is 15.1. The number of urea groups is 1. The lowest BCUT2D eigenvalue weighted by atomic mass is 9.76. The maximum absolute atomic E-state index is 14.5. The fourth-order valence-corrected chi connectivity index (χ4v) is 9.16. The summed E-state index contributed by atoms with van der Waals surface area (Å²) in [6, 6.07) is 39.5. The Morgan fingerprint density at radius 3 is 2.07 bits per heavy atom. The lowest BCUT2D eigenvalue weighted by molar-refractivity contribution is -0.122. The molecule has 8 nitrogen and oxygen atoms in total. The molecule has 2 atom stereocenters. The summed E-state index contributed by atoms with van der Waals surface area (Å²) in [6.45, 7) is 6.29. The van der Waals surface area contributed by atoms with E-state index >= 15 is 0 Å². The molecule has 290 valence electrons. The summed E-state index contributed by atoms with van der Waals surface area (Å²) in [4.78, 5) is 45.3. The van der Waals surface area contributed by atoms with Crippen LogP contribution in [0.5, 0.6) is 11.5 Å². The standard InChI is InChI=1S/C49H42ClN3O5/c1-3-57-44-26-31(25-43(50)46(44)58-29-42-30(2)18-19-34-16-10-11-17-36(34)42)24-41-47(54)51-49(56)53(48(41)55)35-27-39-37(32-12-6-4-7-13-32)20-22-52-23-21-38(40(28-35)45(39)52)33-14-8-5-9-15-33/h4-19,24-28,37-38H,3,20-23,29H2,1-2H3,(H,51,54,56)/b41-24+/t37-,38-/m0/s1. The van der Waals surface area contributed by atoms with Crippen molar-refractivity contribution in [3.05, 3.63) is 171 Å². The van der Waals surface area contributed by atoms with E-state index in [2.05, 4.69) is 58.7 Å². The molecule has 1 fully saturated rings. The Bertz CT molecular complexity index is 2550. The van der Waals surface area contributed by atoms with Crippen molar-refractivity contribution >= 4 is 57.7 Å². The molecule has 3 aliphatic heterocycles. The van der Waals surface area contributed by atoms with Crippen molar-refractivity contribution in [2.75, 3.05) is 29.5 Å². The highest BCUT2D eigenvalue weighted by Crippen LogP contribution is 2.50. The van der Waals surface area contributed by atoms with E-state index in [0.29, 0.717) is 29.4 Å². The molecule has 3 heterocycles. The molecule has 0 aliphatic carbocycles. The number of aryl methyl sites for hydroxylation is 1. The highest BCUT2D eigenvalue weighted by atomic mass is 35.5. The van der Waals surface area contributed by atoms with E-state index < -0.39 is 17.8 Å². The first-order valence-electron chi connectivity index (χ1n) is 19.8. The molecule has 0 saturated carbocycles. The third-order valence-corrected chi connectivity index (χ3v) is 11.9. The van der Waals surface area contributed by atoms with Crippen LogP contribution < -0.4 is 24.6 Å². The van der Waals surface area contributed by atoms with E-state index in [1.807, 2.05) is 74.5 Å². The third-order valence-electron chi connectivity index (χ3n) is 11.6. The predicted molar refractivity (Wildman–Crippen MR) is 229 cm³/mol. The van der Waals surface area contributed by atoms with Gasteiger partial charge in [-0.1, -0.05) is 109 Å². The van der Waals surface area contributed by atoms with E-state index in [-0.39, 0.29) is 29.0 Å². The number of fused-ring (bicyclic) bond motifs is 1. The van der Waals surface area contributed by atoms with Crippen LogP contribution in [0.25, 0.3) is 16.8 Å². The number of carbonyl (C=O) groups excluding carboxylic acids is 3. The van der Waals surface area contributed by atoms with Crippen LogP contribution in [-0.4, -0.2) is 37.5 Å². The first-order valence-corrected chi connectivity index (χ1v) is 20.2. The normalized spacial score (nSPS) is 18.3. The van der Waals surface area contributed by atoms with Gasteiger partial charge < -0.3 is 14.4 Å². The van der Waals surface area contributed by atoms with Crippen LogP contribution in [0.1, 0.15) is 70.5 Å². The Labute approximate surface area is 342 Å². The van der Waals surface area contributed by atoms with E-state index in [4.69, 9.17) is 21.1 Å². The number of barbiturate groups is 1.